The summed E-state index contributed by atoms with van der Waals surface area (Å²) >= 11 is 0. The minimum atomic E-state index is -3.69. The van der Waals surface area contributed by atoms with E-state index in [0.29, 0.717) is 55.2 Å². The summed E-state index contributed by atoms with van der Waals surface area (Å²) in [5.74, 6) is 0.860. The highest BCUT2D eigenvalue weighted by atomic mass is 32.2. The van der Waals surface area contributed by atoms with Crippen LogP contribution in [0.4, 0.5) is 0 Å². The molecule has 8 nitrogen and oxygen atoms in total. The van der Waals surface area contributed by atoms with Crippen LogP contribution >= 0.6 is 0 Å². The summed E-state index contributed by atoms with van der Waals surface area (Å²) in [6, 6.07) is 5.48. The van der Waals surface area contributed by atoms with E-state index in [4.69, 9.17) is 4.52 Å². The molecular formula is C25H36N4O4S. The van der Waals surface area contributed by atoms with E-state index in [2.05, 4.69) is 15.5 Å². The van der Waals surface area contributed by atoms with Crippen molar-refractivity contribution in [2.75, 3.05) is 13.1 Å². The Balaban J connectivity index is 1.40. The molecular weight excluding hydrogens is 452 g/mol. The summed E-state index contributed by atoms with van der Waals surface area (Å²) < 4.78 is 33.6. The van der Waals surface area contributed by atoms with Crippen LogP contribution in [0.5, 0.6) is 0 Å². The van der Waals surface area contributed by atoms with Crippen LogP contribution in [0.3, 0.4) is 0 Å². The Labute approximate surface area is 202 Å². The van der Waals surface area contributed by atoms with Crippen LogP contribution in [0.2, 0.25) is 0 Å². The number of aromatic nitrogens is 2. The Morgan fingerprint density at radius 1 is 1.09 bits per heavy atom. The van der Waals surface area contributed by atoms with Crippen molar-refractivity contribution in [1.82, 2.24) is 19.8 Å². The zero-order valence-corrected chi connectivity index (χ0v) is 21.1. The van der Waals surface area contributed by atoms with E-state index >= 15 is 0 Å². The van der Waals surface area contributed by atoms with Crippen molar-refractivity contribution in [1.29, 1.82) is 0 Å². The van der Waals surface area contributed by atoms with Crippen molar-refractivity contribution in [2.45, 2.75) is 89.0 Å². The number of amides is 1. The van der Waals surface area contributed by atoms with Crippen LogP contribution in [0.25, 0.3) is 11.4 Å². The highest BCUT2D eigenvalue weighted by Crippen LogP contribution is 2.29. The summed E-state index contributed by atoms with van der Waals surface area (Å²) in [5, 5.41) is 7.23. The average molecular weight is 489 g/mol. The number of rotatable bonds is 6. The smallest absolute Gasteiger partial charge is 0.243 e. The zero-order valence-electron chi connectivity index (χ0n) is 20.3. The molecule has 1 aliphatic heterocycles. The van der Waals surface area contributed by atoms with Crippen molar-refractivity contribution in [2.24, 2.45) is 5.92 Å². The molecule has 2 fully saturated rings. The minimum Gasteiger partial charge on any atom is -0.353 e. The lowest BCUT2D eigenvalue weighted by Gasteiger charge is -2.32. The largest absolute Gasteiger partial charge is 0.353 e. The number of sulfonamides is 1. The van der Waals surface area contributed by atoms with Crippen molar-refractivity contribution in [3.05, 3.63) is 29.7 Å². The number of nitrogens with zero attached hydrogens (tertiary/aromatic N) is 3. The monoisotopic (exact) mass is 488 g/mol. The lowest BCUT2D eigenvalue weighted by Crippen LogP contribution is -2.45. The van der Waals surface area contributed by atoms with E-state index in [-0.39, 0.29) is 22.8 Å². The van der Waals surface area contributed by atoms with Crippen LogP contribution in [0, 0.1) is 12.8 Å². The van der Waals surface area contributed by atoms with Gasteiger partial charge in [0, 0.05) is 37.0 Å². The summed E-state index contributed by atoms with van der Waals surface area (Å²) in [4.78, 5) is 17.4. The van der Waals surface area contributed by atoms with Crippen LogP contribution < -0.4 is 5.32 Å². The number of nitrogens with one attached hydrogen (secondary N) is 1. The number of piperidine rings is 1. The lowest BCUT2D eigenvalue weighted by atomic mass is 9.94. The van der Waals surface area contributed by atoms with Gasteiger partial charge < -0.3 is 9.84 Å². The van der Waals surface area contributed by atoms with Gasteiger partial charge in [-0.15, -0.1) is 0 Å². The quantitative estimate of drug-likeness (QED) is 0.652. The first-order valence-corrected chi connectivity index (χ1v) is 14.1. The van der Waals surface area contributed by atoms with E-state index in [1.54, 1.807) is 19.1 Å². The van der Waals surface area contributed by atoms with Gasteiger partial charge in [-0.1, -0.05) is 56.3 Å². The normalized spacial score (nSPS) is 19.5. The molecule has 186 valence electrons. The molecule has 2 heterocycles. The number of carbonyl (C=O) groups is 1. The third-order valence-corrected chi connectivity index (χ3v) is 9.15. The van der Waals surface area contributed by atoms with Gasteiger partial charge >= 0.3 is 0 Å². The standard InChI is InChI=1S/C25H36N4O4S/c1-3-23-27-24(28-33-23)20-12-11-18(2)22(17-20)34(31,32)29-15-13-19(14-16-29)25(30)26-21-9-7-5-4-6-8-10-21/h11-12,17,19,21H,3-10,13-16H2,1-2H3,(H,26,30). The van der Waals surface area contributed by atoms with Crippen molar-refractivity contribution < 1.29 is 17.7 Å². The molecule has 34 heavy (non-hydrogen) atoms. The number of benzene rings is 1. The fourth-order valence-corrected chi connectivity index (χ4v) is 6.67. The Bertz CT molecular complexity index is 1080. The molecule has 2 aromatic rings. The first-order valence-electron chi connectivity index (χ1n) is 12.6. The average Bonchev–Trinajstić information content (AvgIpc) is 3.30. The van der Waals surface area contributed by atoms with Gasteiger partial charge in [0.05, 0.1) is 4.90 Å². The maximum absolute atomic E-state index is 13.5. The topological polar surface area (TPSA) is 105 Å². The molecule has 0 unspecified atom stereocenters. The first kappa shape index (κ1) is 24.9. The summed E-state index contributed by atoms with van der Waals surface area (Å²) in [6.07, 6.45) is 9.93. The molecule has 2 aliphatic rings. The van der Waals surface area contributed by atoms with E-state index in [1.807, 2.05) is 13.0 Å². The predicted octanol–water partition coefficient (Wildman–Crippen LogP) is 4.24. The van der Waals surface area contributed by atoms with Crippen LogP contribution in [0.15, 0.2) is 27.6 Å². The second kappa shape index (κ2) is 11.0. The van der Waals surface area contributed by atoms with Gasteiger partial charge in [0.25, 0.3) is 0 Å². The highest BCUT2D eigenvalue weighted by Gasteiger charge is 2.33. The number of aryl methyl sites for hydroxylation is 2. The zero-order chi connectivity index (χ0) is 24.1. The summed E-state index contributed by atoms with van der Waals surface area (Å²) in [5.41, 5.74) is 1.29. The molecule has 1 N–H and O–H groups in total. The van der Waals surface area contributed by atoms with Crippen LogP contribution in [-0.4, -0.2) is 47.9 Å². The minimum absolute atomic E-state index is 0.0876. The number of hydrogen-bond acceptors (Lipinski definition) is 6. The van der Waals surface area contributed by atoms with Gasteiger partial charge in [0.2, 0.25) is 27.6 Å². The van der Waals surface area contributed by atoms with Gasteiger partial charge in [-0.3, -0.25) is 4.79 Å². The van der Waals surface area contributed by atoms with Crippen molar-refractivity contribution >= 4 is 15.9 Å². The number of hydrogen-bond donors (Lipinski definition) is 1. The van der Waals surface area contributed by atoms with Gasteiger partial charge in [-0.2, -0.15) is 9.29 Å². The Morgan fingerprint density at radius 2 is 1.76 bits per heavy atom. The summed E-state index contributed by atoms with van der Waals surface area (Å²) in [6.45, 7) is 4.40. The van der Waals surface area contributed by atoms with Crippen LogP contribution in [-0.2, 0) is 21.2 Å². The van der Waals surface area contributed by atoms with Gasteiger partial charge in [-0.05, 0) is 44.2 Å². The Kier molecular flexibility index (Phi) is 8.03. The van der Waals surface area contributed by atoms with E-state index < -0.39 is 10.0 Å². The fourth-order valence-electron chi connectivity index (χ4n) is 4.95. The first-order chi connectivity index (χ1) is 16.4. The number of carbonyl (C=O) groups excluding carboxylic acids is 1. The predicted molar refractivity (Wildman–Crippen MR) is 130 cm³/mol. The maximum atomic E-state index is 13.5. The van der Waals surface area contributed by atoms with Gasteiger partial charge in [-0.25, -0.2) is 8.42 Å². The van der Waals surface area contributed by atoms with E-state index in [1.165, 1.54) is 36.4 Å². The van der Waals surface area contributed by atoms with E-state index in [9.17, 15) is 13.2 Å². The summed E-state index contributed by atoms with van der Waals surface area (Å²) in [7, 11) is -3.69. The second-order valence-corrected chi connectivity index (χ2v) is 11.5. The molecule has 1 aromatic carbocycles. The molecule has 0 spiro atoms. The molecule has 1 aliphatic carbocycles. The second-order valence-electron chi connectivity index (χ2n) is 9.57. The molecule has 1 aromatic heterocycles. The Morgan fingerprint density at radius 3 is 2.41 bits per heavy atom. The molecule has 1 saturated heterocycles. The fraction of sp³-hybridized carbons (Fsp3) is 0.640. The van der Waals surface area contributed by atoms with E-state index in [0.717, 1.165) is 12.8 Å². The molecule has 1 saturated carbocycles. The van der Waals surface area contributed by atoms with Gasteiger partial charge in [0.1, 0.15) is 0 Å². The molecule has 9 heteroatoms. The molecule has 0 radical (unpaired) electrons. The van der Waals surface area contributed by atoms with Gasteiger partial charge in [0.15, 0.2) is 0 Å². The SMILES string of the molecule is CCc1nc(-c2ccc(C)c(S(=O)(=O)N3CCC(C(=O)NC4CCCCCCC4)CC3)c2)no1. The molecule has 0 bridgehead atoms. The third-order valence-electron chi connectivity index (χ3n) is 7.11. The maximum Gasteiger partial charge on any atom is 0.243 e. The van der Waals surface area contributed by atoms with Crippen molar-refractivity contribution in [3.63, 3.8) is 0 Å². The Hall–Kier alpha value is -2.26. The molecule has 4 rings (SSSR count). The third kappa shape index (κ3) is 5.68. The molecule has 1 amide bonds. The lowest BCUT2D eigenvalue weighted by molar-refractivity contribution is -0.127. The van der Waals surface area contributed by atoms with Crippen LogP contribution in [0.1, 0.15) is 76.2 Å². The highest BCUT2D eigenvalue weighted by molar-refractivity contribution is 7.89. The van der Waals surface area contributed by atoms with Crippen molar-refractivity contribution in [3.8, 4) is 11.4 Å². The molecule has 0 atom stereocenters.